The van der Waals surface area contributed by atoms with Gasteiger partial charge in [-0.05, 0) is 11.0 Å². The van der Waals surface area contributed by atoms with Gasteiger partial charge < -0.3 is 11.1 Å². The molecule has 3 heteroatoms. The van der Waals surface area contributed by atoms with Gasteiger partial charge >= 0.3 is 0 Å². The maximum atomic E-state index is 11.3. The average molecular weight is 220 g/mol. The van der Waals surface area contributed by atoms with Gasteiger partial charge in [0.2, 0.25) is 5.91 Å². The Balaban J connectivity index is 2.62. The van der Waals surface area contributed by atoms with E-state index in [2.05, 4.69) is 5.32 Å². The second-order valence-electron chi connectivity index (χ2n) is 5.07. The maximum Gasteiger partial charge on any atom is 0.235 e. The lowest BCUT2D eigenvalue weighted by Gasteiger charge is -2.28. The third-order valence-corrected chi connectivity index (χ3v) is 2.50. The molecule has 1 rings (SSSR count). The number of benzene rings is 1. The number of carbonyl (C=O) groups excluding carboxylic acids is 1. The molecular formula is C13H20N2O. The van der Waals surface area contributed by atoms with Crippen molar-refractivity contribution in [2.75, 3.05) is 0 Å². The average Bonchev–Trinajstić information content (AvgIpc) is 2.17. The zero-order chi connectivity index (χ0) is 12.2. The summed E-state index contributed by atoms with van der Waals surface area (Å²) in [7, 11) is 0. The van der Waals surface area contributed by atoms with Gasteiger partial charge in [-0.2, -0.15) is 0 Å². The molecule has 1 unspecified atom stereocenters. The molecule has 0 aliphatic heterocycles. The first-order chi connectivity index (χ1) is 7.41. The van der Waals surface area contributed by atoms with Crippen LogP contribution in [-0.4, -0.2) is 11.9 Å². The second kappa shape index (κ2) is 5.12. The van der Waals surface area contributed by atoms with E-state index in [0.717, 1.165) is 5.56 Å². The van der Waals surface area contributed by atoms with Crippen molar-refractivity contribution in [3.63, 3.8) is 0 Å². The van der Waals surface area contributed by atoms with E-state index in [1.807, 2.05) is 51.1 Å². The third kappa shape index (κ3) is 3.66. The van der Waals surface area contributed by atoms with E-state index in [1.54, 1.807) is 0 Å². The van der Waals surface area contributed by atoms with Gasteiger partial charge in [-0.15, -0.1) is 0 Å². The van der Waals surface area contributed by atoms with Crippen molar-refractivity contribution in [1.82, 2.24) is 5.32 Å². The Bertz CT molecular complexity index is 341. The molecule has 0 fully saturated rings. The lowest BCUT2D eigenvalue weighted by atomic mass is 9.86. The highest BCUT2D eigenvalue weighted by molar-refractivity contribution is 5.80. The smallest absolute Gasteiger partial charge is 0.235 e. The Morgan fingerprint density at radius 2 is 1.88 bits per heavy atom. The number of carbonyl (C=O) groups is 1. The van der Waals surface area contributed by atoms with Gasteiger partial charge in [0.15, 0.2) is 0 Å². The molecule has 3 N–H and O–H groups in total. The van der Waals surface area contributed by atoms with E-state index in [-0.39, 0.29) is 17.4 Å². The molecule has 3 nitrogen and oxygen atoms in total. The van der Waals surface area contributed by atoms with Crippen molar-refractivity contribution in [3.05, 3.63) is 35.9 Å². The molecule has 88 valence electrons. The van der Waals surface area contributed by atoms with Gasteiger partial charge in [0.1, 0.15) is 0 Å². The molecule has 1 aromatic rings. The van der Waals surface area contributed by atoms with Crippen LogP contribution in [0.25, 0.3) is 0 Å². The summed E-state index contributed by atoms with van der Waals surface area (Å²) in [6, 6.07) is 9.66. The molecule has 1 amide bonds. The summed E-state index contributed by atoms with van der Waals surface area (Å²) in [6.45, 7) is 6.66. The predicted molar refractivity (Wildman–Crippen MR) is 65.7 cm³/mol. The monoisotopic (exact) mass is 220 g/mol. The van der Waals surface area contributed by atoms with Crippen LogP contribution in [-0.2, 0) is 11.3 Å². The molecule has 1 aromatic carbocycles. The largest absolute Gasteiger partial charge is 0.368 e. The summed E-state index contributed by atoms with van der Waals surface area (Å²) in [5, 5.41) is 3.20. The molecule has 16 heavy (non-hydrogen) atoms. The predicted octanol–water partition coefficient (Wildman–Crippen LogP) is 1.68. The van der Waals surface area contributed by atoms with Crippen LogP contribution >= 0.6 is 0 Å². The van der Waals surface area contributed by atoms with Gasteiger partial charge in [-0.1, -0.05) is 51.1 Å². The minimum atomic E-state index is -0.312. The highest BCUT2D eigenvalue weighted by Crippen LogP contribution is 2.19. The first-order valence-corrected chi connectivity index (χ1v) is 5.48. The first-order valence-electron chi connectivity index (χ1n) is 5.48. The van der Waals surface area contributed by atoms with Gasteiger partial charge in [0, 0.05) is 6.54 Å². The van der Waals surface area contributed by atoms with Crippen molar-refractivity contribution >= 4 is 5.91 Å². The fourth-order valence-corrected chi connectivity index (χ4v) is 1.65. The molecule has 0 aliphatic carbocycles. The molecule has 0 radical (unpaired) electrons. The minimum absolute atomic E-state index is 0.166. The number of hydrogen-bond acceptors (Lipinski definition) is 2. The van der Waals surface area contributed by atoms with Gasteiger partial charge in [-0.25, -0.2) is 0 Å². The van der Waals surface area contributed by atoms with Gasteiger partial charge in [-0.3, -0.25) is 4.79 Å². The first kappa shape index (κ1) is 12.7. The molecular weight excluding hydrogens is 200 g/mol. The fourth-order valence-electron chi connectivity index (χ4n) is 1.65. The molecule has 0 saturated carbocycles. The molecule has 0 aliphatic rings. The van der Waals surface area contributed by atoms with Crippen LogP contribution in [0.2, 0.25) is 0 Å². The lowest BCUT2D eigenvalue weighted by molar-refractivity contribution is -0.122. The molecule has 0 saturated heterocycles. The highest BCUT2D eigenvalue weighted by Gasteiger charge is 2.28. The summed E-state index contributed by atoms with van der Waals surface area (Å²) < 4.78 is 0. The SMILES string of the molecule is CC(C)(C)C(NCc1ccccc1)C(N)=O. The highest BCUT2D eigenvalue weighted by atomic mass is 16.1. The number of hydrogen-bond donors (Lipinski definition) is 2. The van der Waals surface area contributed by atoms with E-state index in [0.29, 0.717) is 6.54 Å². The van der Waals surface area contributed by atoms with E-state index in [9.17, 15) is 4.79 Å². The summed E-state index contributed by atoms with van der Waals surface area (Å²) in [5.41, 5.74) is 6.37. The number of rotatable bonds is 4. The summed E-state index contributed by atoms with van der Waals surface area (Å²) in [6.07, 6.45) is 0. The minimum Gasteiger partial charge on any atom is -0.368 e. The zero-order valence-corrected chi connectivity index (χ0v) is 10.2. The van der Waals surface area contributed by atoms with E-state index in [1.165, 1.54) is 0 Å². The summed E-state index contributed by atoms with van der Waals surface area (Å²) >= 11 is 0. The topological polar surface area (TPSA) is 55.1 Å². The molecule has 0 heterocycles. The Morgan fingerprint density at radius 3 is 2.31 bits per heavy atom. The van der Waals surface area contributed by atoms with Gasteiger partial charge in [0.05, 0.1) is 6.04 Å². The van der Waals surface area contributed by atoms with Crippen LogP contribution < -0.4 is 11.1 Å². The summed E-state index contributed by atoms with van der Waals surface area (Å²) in [5.74, 6) is -0.302. The van der Waals surface area contributed by atoms with E-state index >= 15 is 0 Å². The molecule has 1 atom stereocenters. The Morgan fingerprint density at radius 1 is 1.31 bits per heavy atom. The zero-order valence-electron chi connectivity index (χ0n) is 10.2. The Labute approximate surface area is 97.0 Å². The number of nitrogens with two attached hydrogens (primary N) is 1. The standard InChI is InChI=1S/C13H20N2O/c1-13(2,3)11(12(14)16)15-9-10-7-5-4-6-8-10/h4-8,11,15H,9H2,1-3H3,(H2,14,16). The van der Waals surface area contributed by atoms with Crippen molar-refractivity contribution in [2.24, 2.45) is 11.1 Å². The number of primary amides is 1. The van der Waals surface area contributed by atoms with Crippen LogP contribution in [0.3, 0.4) is 0 Å². The van der Waals surface area contributed by atoms with Crippen LogP contribution in [0.15, 0.2) is 30.3 Å². The second-order valence-corrected chi connectivity index (χ2v) is 5.07. The number of amides is 1. The summed E-state index contributed by atoms with van der Waals surface area (Å²) in [4.78, 5) is 11.3. The van der Waals surface area contributed by atoms with E-state index in [4.69, 9.17) is 5.73 Å². The normalized spacial score (nSPS) is 13.4. The van der Waals surface area contributed by atoms with Crippen LogP contribution in [0.5, 0.6) is 0 Å². The maximum absolute atomic E-state index is 11.3. The lowest BCUT2D eigenvalue weighted by Crippen LogP contribution is -2.49. The van der Waals surface area contributed by atoms with Gasteiger partial charge in [0.25, 0.3) is 0 Å². The third-order valence-electron chi connectivity index (χ3n) is 2.50. The molecule has 0 bridgehead atoms. The van der Waals surface area contributed by atoms with Crippen LogP contribution in [0, 0.1) is 5.41 Å². The van der Waals surface area contributed by atoms with Crippen LogP contribution in [0.4, 0.5) is 0 Å². The molecule has 0 spiro atoms. The number of nitrogens with one attached hydrogen (secondary N) is 1. The van der Waals surface area contributed by atoms with Crippen LogP contribution in [0.1, 0.15) is 26.3 Å². The van der Waals surface area contributed by atoms with E-state index < -0.39 is 0 Å². The van der Waals surface area contributed by atoms with Crippen molar-refractivity contribution < 1.29 is 4.79 Å². The Hall–Kier alpha value is -1.35. The fraction of sp³-hybridized carbons (Fsp3) is 0.462. The quantitative estimate of drug-likeness (QED) is 0.811. The van der Waals surface area contributed by atoms with Crippen molar-refractivity contribution in [2.45, 2.75) is 33.4 Å². The molecule has 0 aromatic heterocycles. The Kier molecular flexibility index (Phi) is 4.07. The van der Waals surface area contributed by atoms with Crippen molar-refractivity contribution in [3.8, 4) is 0 Å². The van der Waals surface area contributed by atoms with Crippen molar-refractivity contribution in [1.29, 1.82) is 0 Å².